The highest BCUT2D eigenvalue weighted by atomic mass is 79.9. The second-order valence-corrected chi connectivity index (χ2v) is 5.50. The minimum atomic E-state index is 0.969. The van der Waals surface area contributed by atoms with Crippen molar-refractivity contribution in [1.29, 1.82) is 0 Å². The first kappa shape index (κ1) is 11.7. The first-order chi connectivity index (χ1) is 7.74. The fourth-order valence-electron chi connectivity index (χ4n) is 1.41. The number of hydrogen-bond acceptors (Lipinski definition) is 2. The third-order valence-corrected chi connectivity index (χ3v) is 3.65. The van der Waals surface area contributed by atoms with E-state index < -0.39 is 0 Å². The van der Waals surface area contributed by atoms with E-state index >= 15 is 0 Å². The van der Waals surface area contributed by atoms with Crippen molar-refractivity contribution in [2.45, 2.75) is 17.7 Å². The summed E-state index contributed by atoms with van der Waals surface area (Å²) >= 11 is 5.14. The van der Waals surface area contributed by atoms with Gasteiger partial charge < -0.3 is 0 Å². The minimum absolute atomic E-state index is 0.969. The summed E-state index contributed by atoms with van der Waals surface area (Å²) in [7, 11) is 0. The SMILES string of the molecule is Cc1cccc(CSc2ccc(Br)cn2)c1. The van der Waals surface area contributed by atoms with Crippen LogP contribution in [0.3, 0.4) is 0 Å². The molecule has 0 aliphatic carbocycles. The summed E-state index contributed by atoms with van der Waals surface area (Å²) in [6.07, 6.45) is 1.83. The van der Waals surface area contributed by atoms with E-state index in [9.17, 15) is 0 Å². The molecule has 0 radical (unpaired) electrons. The number of thioether (sulfide) groups is 1. The highest BCUT2D eigenvalue weighted by Gasteiger charge is 1.98. The number of hydrogen-bond donors (Lipinski definition) is 0. The molecule has 0 spiro atoms. The second-order valence-electron chi connectivity index (χ2n) is 3.59. The van der Waals surface area contributed by atoms with Gasteiger partial charge in [0.15, 0.2) is 0 Å². The van der Waals surface area contributed by atoms with Gasteiger partial charge in [-0.05, 0) is 40.5 Å². The van der Waals surface area contributed by atoms with Crippen LogP contribution < -0.4 is 0 Å². The molecule has 16 heavy (non-hydrogen) atoms. The molecule has 0 atom stereocenters. The van der Waals surface area contributed by atoms with Gasteiger partial charge in [0, 0.05) is 16.4 Å². The van der Waals surface area contributed by atoms with E-state index in [0.717, 1.165) is 15.3 Å². The van der Waals surface area contributed by atoms with Crippen LogP contribution in [0.4, 0.5) is 0 Å². The predicted molar refractivity (Wildman–Crippen MR) is 72.7 cm³/mol. The summed E-state index contributed by atoms with van der Waals surface area (Å²) in [5.74, 6) is 0.969. The molecule has 0 aliphatic rings. The lowest BCUT2D eigenvalue weighted by molar-refractivity contribution is 1.12. The first-order valence-corrected chi connectivity index (χ1v) is 6.82. The highest BCUT2D eigenvalue weighted by molar-refractivity contribution is 9.10. The second kappa shape index (κ2) is 5.51. The summed E-state index contributed by atoms with van der Waals surface area (Å²) in [4.78, 5) is 4.33. The standard InChI is InChI=1S/C13H12BrNS/c1-10-3-2-4-11(7-10)9-16-13-6-5-12(14)8-15-13/h2-8H,9H2,1H3. The fraction of sp³-hybridized carbons (Fsp3) is 0.154. The Labute approximate surface area is 108 Å². The van der Waals surface area contributed by atoms with Crippen LogP contribution in [-0.4, -0.2) is 4.98 Å². The van der Waals surface area contributed by atoms with E-state index in [1.54, 1.807) is 11.8 Å². The van der Waals surface area contributed by atoms with Crippen LogP contribution in [0.15, 0.2) is 52.1 Å². The Morgan fingerprint density at radius 3 is 2.81 bits per heavy atom. The van der Waals surface area contributed by atoms with Gasteiger partial charge in [-0.15, -0.1) is 11.8 Å². The Balaban J connectivity index is 1.99. The molecule has 0 bridgehead atoms. The largest absolute Gasteiger partial charge is 0.249 e. The molecular weight excluding hydrogens is 282 g/mol. The first-order valence-electron chi connectivity index (χ1n) is 5.04. The predicted octanol–water partition coefficient (Wildman–Crippen LogP) is 4.44. The lowest BCUT2D eigenvalue weighted by Crippen LogP contribution is -1.83. The summed E-state index contributed by atoms with van der Waals surface area (Å²) < 4.78 is 1.02. The van der Waals surface area contributed by atoms with E-state index in [-0.39, 0.29) is 0 Å². The average Bonchev–Trinajstić information content (AvgIpc) is 2.28. The van der Waals surface area contributed by atoms with Crippen molar-refractivity contribution < 1.29 is 0 Å². The van der Waals surface area contributed by atoms with Crippen LogP contribution in [0, 0.1) is 6.92 Å². The van der Waals surface area contributed by atoms with Crippen molar-refractivity contribution in [2.24, 2.45) is 0 Å². The number of rotatable bonds is 3. The maximum Gasteiger partial charge on any atom is 0.0963 e. The number of nitrogens with zero attached hydrogens (tertiary/aromatic N) is 1. The molecule has 1 aromatic carbocycles. The van der Waals surface area contributed by atoms with E-state index in [2.05, 4.69) is 52.1 Å². The van der Waals surface area contributed by atoms with Crippen LogP contribution in [0.5, 0.6) is 0 Å². The zero-order valence-corrected chi connectivity index (χ0v) is 11.4. The molecule has 1 heterocycles. The number of benzene rings is 1. The molecule has 2 aromatic rings. The zero-order valence-electron chi connectivity index (χ0n) is 8.98. The number of aromatic nitrogens is 1. The van der Waals surface area contributed by atoms with Gasteiger partial charge in [-0.2, -0.15) is 0 Å². The highest BCUT2D eigenvalue weighted by Crippen LogP contribution is 2.22. The average molecular weight is 294 g/mol. The van der Waals surface area contributed by atoms with Crippen molar-refractivity contribution >= 4 is 27.7 Å². The van der Waals surface area contributed by atoms with Crippen molar-refractivity contribution in [2.75, 3.05) is 0 Å². The van der Waals surface area contributed by atoms with Gasteiger partial charge in [-0.3, -0.25) is 0 Å². The molecule has 3 heteroatoms. The molecule has 0 N–H and O–H groups in total. The minimum Gasteiger partial charge on any atom is -0.249 e. The van der Waals surface area contributed by atoms with Gasteiger partial charge in [-0.25, -0.2) is 4.98 Å². The number of aryl methyl sites for hydroxylation is 1. The van der Waals surface area contributed by atoms with Gasteiger partial charge in [0.05, 0.1) is 5.03 Å². The van der Waals surface area contributed by atoms with Crippen LogP contribution >= 0.6 is 27.7 Å². The van der Waals surface area contributed by atoms with Crippen molar-refractivity contribution in [3.63, 3.8) is 0 Å². The monoisotopic (exact) mass is 293 g/mol. The number of pyridine rings is 1. The van der Waals surface area contributed by atoms with E-state index in [1.165, 1.54) is 11.1 Å². The Bertz CT molecular complexity index is 468. The third kappa shape index (κ3) is 3.35. The Morgan fingerprint density at radius 2 is 2.12 bits per heavy atom. The van der Waals surface area contributed by atoms with Gasteiger partial charge >= 0.3 is 0 Å². The fourth-order valence-corrected chi connectivity index (χ4v) is 2.43. The molecule has 0 unspecified atom stereocenters. The maximum absolute atomic E-state index is 4.33. The smallest absolute Gasteiger partial charge is 0.0963 e. The van der Waals surface area contributed by atoms with Crippen molar-refractivity contribution in [3.05, 3.63) is 58.2 Å². The Kier molecular flexibility index (Phi) is 4.02. The lowest BCUT2D eigenvalue weighted by Gasteiger charge is -2.02. The van der Waals surface area contributed by atoms with Gasteiger partial charge in [0.25, 0.3) is 0 Å². The van der Waals surface area contributed by atoms with Crippen molar-refractivity contribution in [1.82, 2.24) is 4.98 Å². The summed E-state index contributed by atoms with van der Waals surface area (Å²) in [5.41, 5.74) is 2.65. The molecule has 0 saturated heterocycles. The molecule has 0 fully saturated rings. The van der Waals surface area contributed by atoms with Crippen LogP contribution in [0.1, 0.15) is 11.1 Å². The summed E-state index contributed by atoms with van der Waals surface area (Å²) in [6.45, 7) is 2.12. The quantitative estimate of drug-likeness (QED) is 0.776. The summed E-state index contributed by atoms with van der Waals surface area (Å²) in [5, 5.41) is 1.06. The van der Waals surface area contributed by atoms with Crippen LogP contribution in [-0.2, 0) is 5.75 Å². The number of halogens is 1. The lowest BCUT2D eigenvalue weighted by atomic mass is 10.2. The molecule has 0 saturated carbocycles. The molecule has 2 rings (SSSR count). The van der Waals surface area contributed by atoms with Gasteiger partial charge in [-0.1, -0.05) is 29.8 Å². The third-order valence-electron chi connectivity index (χ3n) is 2.17. The van der Waals surface area contributed by atoms with Crippen molar-refractivity contribution in [3.8, 4) is 0 Å². The van der Waals surface area contributed by atoms with E-state index in [1.807, 2.05) is 18.3 Å². The Hall–Kier alpha value is -0.800. The normalized spacial score (nSPS) is 10.4. The Morgan fingerprint density at radius 1 is 1.25 bits per heavy atom. The van der Waals surface area contributed by atoms with Crippen LogP contribution in [0.2, 0.25) is 0 Å². The topological polar surface area (TPSA) is 12.9 Å². The molecule has 1 nitrogen and oxygen atoms in total. The van der Waals surface area contributed by atoms with E-state index in [0.29, 0.717) is 0 Å². The summed E-state index contributed by atoms with van der Waals surface area (Å²) in [6, 6.07) is 12.6. The van der Waals surface area contributed by atoms with Gasteiger partial charge in [0.1, 0.15) is 0 Å². The zero-order chi connectivity index (χ0) is 11.4. The molecule has 1 aromatic heterocycles. The maximum atomic E-state index is 4.33. The molecular formula is C13H12BrNS. The molecule has 0 aliphatic heterocycles. The molecule has 0 amide bonds. The van der Waals surface area contributed by atoms with E-state index in [4.69, 9.17) is 0 Å². The van der Waals surface area contributed by atoms with Gasteiger partial charge in [0.2, 0.25) is 0 Å². The van der Waals surface area contributed by atoms with Crippen LogP contribution in [0.25, 0.3) is 0 Å². The molecule has 82 valence electrons.